The molecule has 2 aromatic carbocycles. The predicted molar refractivity (Wildman–Crippen MR) is 226 cm³/mol. The first-order chi connectivity index (χ1) is 28.7. The van der Waals surface area contributed by atoms with Gasteiger partial charge >= 0.3 is 6.03 Å². The standard InChI is InChI=1S/C44H47ClN10O4/c1-46-35-20-39(51-55-38(24-48-41(35)55)42(57)49-29-6-7-29)53-15-11-32-31(3-2-4-36(32)53)34-9-5-27(23-47-34)25-52-17-13-44(14-18-52)21-28(22-44)26-59-30-8-10-37(33(45)19-30)54-16-12-40(56)50-43(54)58/h2-5,8-10,19-20,23-24,28-29,46H,6-7,11-18,21-22,25-26H2,1H3,(H,49,57)(H,50,56,58). The van der Waals surface area contributed by atoms with Gasteiger partial charge in [-0.05, 0) is 105 Å². The van der Waals surface area contributed by atoms with E-state index in [1.165, 1.54) is 41.7 Å². The molecule has 3 aromatic heterocycles. The van der Waals surface area contributed by atoms with E-state index in [0.29, 0.717) is 52.3 Å². The Morgan fingerprint density at radius 1 is 0.949 bits per heavy atom. The van der Waals surface area contributed by atoms with E-state index in [-0.39, 0.29) is 24.3 Å². The van der Waals surface area contributed by atoms with Crippen LogP contribution in [0.3, 0.4) is 0 Å². The summed E-state index contributed by atoms with van der Waals surface area (Å²) in [5.41, 5.74) is 8.50. The third kappa shape index (κ3) is 7.33. The van der Waals surface area contributed by atoms with E-state index < -0.39 is 6.03 Å². The van der Waals surface area contributed by atoms with Gasteiger partial charge in [0.05, 0.1) is 34.9 Å². The second-order valence-electron chi connectivity index (χ2n) is 16.8. The number of ether oxygens (including phenoxy) is 1. The highest BCUT2D eigenvalue weighted by molar-refractivity contribution is 6.34. The first-order valence-electron chi connectivity index (χ1n) is 20.7. The zero-order chi connectivity index (χ0) is 40.3. The second-order valence-corrected chi connectivity index (χ2v) is 17.2. The van der Waals surface area contributed by atoms with E-state index in [4.69, 9.17) is 26.4 Å². The van der Waals surface area contributed by atoms with Gasteiger partial charge < -0.3 is 20.3 Å². The summed E-state index contributed by atoms with van der Waals surface area (Å²) in [7, 11) is 1.86. The number of fused-ring (bicyclic) bond motifs is 2. The lowest BCUT2D eigenvalue weighted by Crippen LogP contribution is -2.49. The second kappa shape index (κ2) is 15.1. The van der Waals surface area contributed by atoms with Gasteiger partial charge in [-0.15, -0.1) is 5.10 Å². The Balaban J connectivity index is 0.733. The minimum Gasteiger partial charge on any atom is -0.493 e. The Morgan fingerprint density at radius 2 is 1.78 bits per heavy atom. The number of halogens is 1. The van der Waals surface area contributed by atoms with E-state index >= 15 is 0 Å². The molecule has 0 atom stereocenters. The predicted octanol–water partition coefficient (Wildman–Crippen LogP) is 6.59. The van der Waals surface area contributed by atoms with Crippen LogP contribution in [0.1, 0.15) is 66.6 Å². The van der Waals surface area contributed by atoms with Gasteiger partial charge in [0.15, 0.2) is 17.2 Å². The van der Waals surface area contributed by atoms with Crippen molar-refractivity contribution in [2.45, 2.75) is 64.0 Å². The number of piperidine rings is 1. The lowest BCUT2D eigenvalue weighted by Gasteiger charge is -2.52. The van der Waals surface area contributed by atoms with Crippen LogP contribution < -0.4 is 30.5 Å². The van der Waals surface area contributed by atoms with Crippen molar-refractivity contribution in [2.75, 3.05) is 55.0 Å². The Hall–Kier alpha value is -5.73. The number of pyridine rings is 1. The SMILES string of the molecule is CNc1cc(N2CCc3c(-c4ccc(CN5CCC6(CC5)CC(COc5ccc(N7CCC(=O)NC7=O)c(Cl)c5)C6)cn4)cccc32)nn2c(C(=O)NC3CC3)cnc12. The number of imidazole rings is 1. The molecule has 59 heavy (non-hydrogen) atoms. The van der Waals surface area contributed by atoms with Crippen LogP contribution in [0.25, 0.3) is 16.9 Å². The van der Waals surface area contributed by atoms with Gasteiger partial charge in [-0.2, -0.15) is 0 Å². The van der Waals surface area contributed by atoms with Crippen LogP contribution in [0.15, 0.2) is 67.0 Å². The first-order valence-corrected chi connectivity index (χ1v) is 21.1. The molecule has 4 amide bonds. The Kier molecular flexibility index (Phi) is 9.63. The lowest BCUT2D eigenvalue weighted by molar-refractivity contribution is -0.120. The molecule has 5 aromatic rings. The summed E-state index contributed by atoms with van der Waals surface area (Å²) < 4.78 is 7.81. The van der Waals surface area contributed by atoms with Gasteiger partial charge in [0.1, 0.15) is 5.75 Å². The van der Waals surface area contributed by atoms with Crippen molar-refractivity contribution in [3.63, 3.8) is 0 Å². The summed E-state index contributed by atoms with van der Waals surface area (Å²) in [5, 5.41) is 14.0. The minimum atomic E-state index is -0.452. The summed E-state index contributed by atoms with van der Waals surface area (Å²) in [6, 6.07) is 17.9. The molecular formula is C44H47ClN10O4. The monoisotopic (exact) mass is 814 g/mol. The van der Waals surface area contributed by atoms with Crippen molar-refractivity contribution in [1.82, 2.24) is 35.1 Å². The summed E-state index contributed by atoms with van der Waals surface area (Å²) in [6.45, 7) is 4.76. The smallest absolute Gasteiger partial charge is 0.328 e. The number of aromatic nitrogens is 4. The third-order valence-corrected chi connectivity index (χ3v) is 13.1. The van der Waals surface area contributed by atoms with Crippen molar-refractivity contribution < 1.29 is 19.1 Å². The lowest BCUT2D eigenvalue weighted by atomic mass is 9.58. The fourth-order valence-corrected chi connectivity index (χ4v) is 9.71. The fourth-order valence-electron chi connectivity index (χ4n) is 9.44. The van der Waals surface area contributed by atoms with Gasteiger partial charge in [-0.1, -0.05) is 29.8 Å². The number of rotatable bonds is 11. The highest BCUT2D eigenvalue weighted by Gasteiger charge is 2.46. The highest BCUT2D eigenvalue weighted by Crippen LogP contribution is 2.53. The average molecular weight is 815 g/mol. The van der Waals surface area contributed by atoms with Crippen molar-refractivity contribution in [3.8, 4) is 17.0 Å². The minimum absolute atomic E-state index is 0.148. The maximum Gasteiger partial charge on any atom is 0.328 e. The summed E-state index contributed by atoms with van der Waals surface area (Å²) >= 11 is 6.52. The van der Waals surface area contributed by atoms with Gasteiger partial charge in [-0.3, -0.25) is 29.7 Å². The van der Waals surface area contributed by atoms with Crippen molar-refractivity contribution in [2.24, 2.45) is 11.3 Å². The Bertz CT molecular complexity index is 2450. The molecule has 5 aliphatic rings. The molecule has 2 aliphatic carbocycles. The van der Waals surface area contributed by atoms with Gasteiger partial charge in [0.25, 0.3) is 5.91 Å². The number of amides is 4. The van der Waals surface area contributed by atoms with E-state index in [2.05, 4.69) is 61.1 Å². The molecule has 3 aliphatic heterocycles. The molecule has 0 radical (unpaired) electrons. The molecule has 10 rings (SSSR count). The quantitative estimate of drug-likeness (QED) is 0.133. The van der Waals surface area contributed by atoms with E-state index in [1.54, 1.807) is 22.8 Å². The molecule has 14 nitrogen and oxygen atoms in total. The summed E-state index contributed by atoms with van der Waals surface area (Å²) in [6.07, 6.45) is 11.5. The van der Waals surface area contributed by atoms with Crippen molar-refractivity contribution in [1.29, 1.82) is 0 Å². The van der Waals surface area contributed by atoms with Crippen LogP contribution in [0.2, 0.25) is 5.02 Å². The van der Waals surface area contributed by atoms with Gasteiger partial charge in [-0.25, -0.2) is 14.3 Å². The fraction of sp³-hybridized carbons (Fsp3) is 0.409. The largest absolute Gasteiger partial charge is 0.493 e. The molecule has 4 fully saturated rings. The van der Waals surface area contributed by atoms with E-state index in [0.717, 1.165) is 73.9 Å². The normalized spacial score (nSPS) is 19.2. The molecule has 15 heteroatoms. The Labute approximate surface area is 347 Å². The number of anilines is 4. The van der Waals surface area contributed by atoms with Gasteiger partial charge in [0, 0.05) is 68.7 Å². The number of nitrogens with zero attached hydrogens (tertiary/aromatic N) is 7. The maximum atomic E-state index is 13.0. The zero-order valence-electron chi connectivity index (χ0n) is 33.0. The summed E-state index contributed by atoms with van der Waals surface area (Å²) in [4.78, 5) is 52.6. The molecule has 3 N–H and O–H groups in total. The number of hydrogen-bond donors (Lipinski definition) is 3. The number of carbonyl (C=O) groups excluding carboxylic acids is 3. The molecule has 1 spiro atoms. The van der Waals surface area contributed by atoms with E-state index in [9.17, 15) is 14.4 Å². The molecule has 0 unspecified atom stereocenters. The zero-order valence-corrected chi connectivity index (χ0v) is 33.8. The average Bonchev–Trinajstić information content (AvgIpc) is 3.76. The number of benzene rings is 2. The van der Waals surface area contributed by atoms with Crippen LogP contribution in [0, 0.1) is 11.3 Å². The third-order valence-electron chi connectivity index (χ3n) is 12.8. The number of nitrogens with one attached hydrogen (secondary N) is 3. The summed E-state index contributed by atoms with van der Waals surface area (Å²) in [5.74, 6) is 1.54. The topological polar surface area (TPSA) is 149 Å². The molecule has 2 saturated carbocycles. The number of likely N-dealkylation sites (tertiary alicyclic amines) is 1. The van der Waals surface area contributed by atoms with E-state index in [1.807, 2.05) is 25.4 Å². The van der Waals surface area contributed by atoms with Crippen LogP contribution in [-0.4, -0.2) is 88.2 Å². The van der Waals surface area contributed by atoms with Crippen LogP contribution in [0.4, 0.5) is 27.7 Å². The number of hydrogen-bond acceptors (Lipinski definition) is 10. The Morgan fingerprint density at radius 3 is 2.53 bits per heavy atom. The molecule has 2 saturated heterocycles. The maximum absolute atomic E-state index is 13.0. The number of carbonyl (C=O) groups is 3. The highest BCUT2D eigenvalue weighted by atomic mass is 35.5. The van der Waals surface area contributed by atoms with Gasteiger partial charge in [0.2, 0.25) is 5.91 Å². The molecule has 304 valence electrons. The van der Waals surface area contributed by atoms with Crippen LogP contribution >= 0.6 is 11.6 Å². The molecular weight excluding hydrogens is 768 g/mol. The number of imide groups is 1. The van der Waals surface area contributed by atoms with Crippen LogP contribution in [-0.2, 0) is 17.8 Å². The molecule has 6 heterocycles. The van der Waals surface area contributed by atoms with Crippen molar-refractivity contribution in [3.05, 3.63) is 88.8 Å². The number of urea groups is 1. The first kappa shape index (κ1) is 37.5. The van der Waals surface area contributed by atoms with Crippen molar-refractivity contribution >= 4 is 58.0 Å². The molecule has 0 bridgehead atoms. The van der Waals surface area contributed by atoms with Crippen LogP contribution in [0.5, 0.6) is 5.75 Å².